The number of likely N-dealkylation sites (N-methyl/N-ethyl adjacent to an activating group) is 1. The summed E-state index contributed by atoms with van der Waals surface area (Å²) in [6, 6.07) is 10.7. The van der Waals surface area contributed by atoms with Crippen LogP contribution in [0.2, 0.25) is 0 Å². The van der Waals surface area contributed by atoms with E-state index in [-0.39, 0.29) is 17.1 Å². The van der Waals surface area contributed by atoms with Crippen molar-refractivity contribution in [2.75, 3.05) is 14.2 Å². The summed E-state index contributed by atoms with van der Waals surface area (Å²) in [5.41, 5.74) is 0.891. The maximum atomic E-state index is 12.7. The molecule has 0 spiro atoms. The summed E-state index contributed by atoms with van der Waals surface area (Å²) in [5, 5.41) is 20.9. The van der Waals surface area contributed by atoms with Gasteiger partial charge in [-0.15, -0.1) is 0 Å². The van der Waals surface area contributed by atoms with Crippen molar-refractivity contribution < 1.29 is 23.4 Å². The lowest BCUT2D eigenvalue weighted by Crippen LogP contribution is -2.46. The number of para-hydroxylation sites is 1. The highest BCUT2D eigenvalue weighted by molar-refractivity contribution is 7.89. The van der Waals surface area contributed by atoms with Gasteiger partial charge in [0.05, 0.1) is 24.2 Å². The minimum absolute atomic E-state index is 0.0446. The van der Waals surface area contributed by atoms with Crippen molar-refractivity contribution in [2.24, 2.45) is 0 Å². The molecule has 0 aromatic heterocycles. The number of methoxy groups -OCH3 is 1. The van der Waals surface area contributed by atoms with Gasteiger partial charge >= 0.3 is 0 Å². The zero-order valence-electron chi connectivity index (χ0n) is 13.4. The van der Waals surface area contributed by atoms with Crippen LogP contribution in [0.25, 0.3) is 0 Å². The summed E-state index contributed by atoms with van der Waals surface area (Å²) in [6.45, 7) is 0. The number of aliphatic hydroxyl groups is 1. The Morgan fingerprint density at radius 1 is 1.17 bits per heavy atom. The number of phenols is 1. The number of ether oxygens (including phenoxy) is 1. The fourth-order valence-electron chi connectivity index (χ4n) is 3.06. The van der Waals surface area contributed by atoms with Gasteiger partial charge in [0.1, 0.15) is 0 Å². The van der Waals surface area contributed by atoms with Gasteiger partial charge in [0.25, 0.3) is 0 Å². The monoisotopic (exact) mass is 349 g/mol. The summed E-state index contributed by atoms with van der Waals surface area (Å²) < 4.78 is 31.6. The SMILES string of the molecule is COc1cccc(C[C@H]2[C@H](O)c3ccccc3S(=O)(=O)N2C)c1O. The smallest absolute Gasteiger partial charge is 0.243 e. The third kappa shape index (κ3) is 2.54. The maximum absolute atomic E-state index is 12.7. The molecule has 24 heavy (non-hydrogen) atoms. The van der Waals surface area contributed by atoms with Crippen molar-refractivity contribution in [3.05, 3.63) is 53.6 Å². The Balaban J connectivity index is 2.04. The Morgan fingerprint density at radius 2 is 1.88 bits per heavy atom. The first-order chi connectivity index (χ1) is 11.4. The third-order valence-electron chi connectivity index (χ3n) is 4.46. The van der Waals surface area contributed by atoms with E-state index in [0.29, 0.717) is 16.9 Å². The van der Waals surface area contributed by atoms with Crippen LogP contribution in [0, 0.1) is 0 Å². The fraction of sp³-hybridized carbons (Fsp3) is 0.294. The van der Waals surface area contributed by atoms with Crippen LogP contribution < -0.4 is 4.74 Å². The summed E-state index contributed by atoms with van der Waals surface area (Å²) >= 11 is 0. The average molecular weight is 349 g/mol. The number of aromatic hydroxyl groups is 1. The molecule has 2 aromatic rings. The highest BCUT2D eigenvalue weighted by Crippen LogP contribution is 2.39. The molecule has 1 aliphatic heterocycles. The fourth-order valence-corrected chi connectivity index (χ4v) is 4.66. The number of nitrogens with zero attached hydrogens (tertiary/aromatic N) is 1. The first kappa shape index (κ1) is 16.8. The summed E-state index contributed by atoms with van der Waals surface area (Å²) in [6.07, 6.45) is -0.825. The molecule has 0 saturated carbocycles. The van der Waals surface area contributed by atoms with E-state index >= 15 is 0 Å². The standard InChI is InChI=1S/C17H19NO5S/c1-18-13(10-11-6-5-8-14(23-2)16(11)19)17(20)12-7-3-4-9-15(12)24(18,21)22/h3-9,13,17,19-20H,10H2,1-2H3/t13-,17+/m0/s1. The van der Waals surface area contributed by atoms with E-state index in [0.717, 1.165) is 0 Å². The van der Waals surface area contributed by atoms with Crippen LogP contribution in [0.4, 0.5) is 0 Å². The summed E-state index contributed by atoms with van der Waals surface area (Å²) in [7, 11) is -0.805. The molecule has 1 heterocycles. The van der Waals surface area contributed by atoms with Crippen LogP contribution in [0.5, 0.6) is 11.5 Å². The highest BCUT2D eigenvalue weighted by Gasteiger charge is 2.41. The molecule has 0 aliphatic carbocycles. The van der Waals surface area contributed by atoms with E-state index in [1.54, 1.807) is 36.4 Å². The van der Waals surface area contributed by atoms with Gasteiger partial charge in [-0.25, -0.2) is 8.42 Å². The van der Waals surface area contributed by atoms with Gasteiger partial charge in [-0.2, -0.15) is 4.31 Å². The van der Waals surface area contributed by atoms with Crippen molar-refractivity contribution in [2.45, 2.75) is 23.5 Å². The Hall–Kier alpha value is -2.09. The Kier molecular flexibility index (Phi) is 4.25. The predicted octanol–water partition coefficient (Wildman–Crippen LogP) is 1.68. The Bertz CT molecular complexity index is 865. The lowest BCUT2D eigenvalue weighted by atomic mass is 9.95. The number of hydrogen-bond donors (Lipinski definition) is 2. The first-order valence-electron chi connectivity index (χ1n) is 7.47. The Labute approximate surface area is 141 Å². The number of aliphatic hydroxyl groups excluding tert-OH is 1. The topological polar surface area (TPSA) is 87.1 Å². The summed E-state index contributed by atoms with van der Waals surface area (Å²) in [4.78, 5) is 0.117. The van der Waals surface area contributed by atoms with E-state index in [4.69, 9.17) is 4.74 Å². The van der Waals surface area contributed by atoms with E-state index in [2.05, 4.69) is 0 Å². The molecule has 128 valence electrons. The maximum Gasteiger partial charge on any atom is 0.243 e. The molecule has 2 atom stereocenters. The van der Waals surface area contributed by atoms with E-state index in [9.17, 15) is 18.6 Å². The second-order valence-corrected chi connectivity index (χ2v) is 7.71. The summed E-state index contributed by atoms with van der Waals surface area (Å²) in [5.74, 6) is 0.264. The number of benzene rings is 2. The molecule has 2 aromatic carbocycles. The highest BCUT2D eigenvalue weighted by atomic mass is 32.2. The van der Waals surface area contributed by atoms with Crippen molar-refractivity contribution in [1.82, 2.24) is 4.31 Å². The first-order valence-corrected chi connectivity index (χ1v) is 8.91. The molecule has 3 rings (SSSR count). The molecule has 0 radical (unpaired) electrons. The molecule has 1 aliphatic rings. The molecule has 0 amide bonds. The molecular formula is C17H19NO5S. The average Bonchev–Trinajstić information content (AvgIpc) is 2.58. The van der Waals surface area contributed by atoms with E-state index < -0.39 is 22.2 Å². The van der Waals surface area contributed by atoms with Gasteiger partial charge in [-0.3, -0.25) is 0 Å². The molecular weight excluding hydrogens is 330 g/mol. The molecule has 0 saturated heterocycles. The van der Waals surface area contributed by atoms with Crippen molar-refractivity contribution >= 4 is 10.0 Å². The van der Waals surface area contributed by atoms with Gasteiger partial charge in [-0.05, 0) is 24.1 Å². The van der Waals surface area contributed by atoms with E-state index in [1.807, 2.05) is 0 Å². The molecule has 0 fully saturated rings. The number of fused-ring (bicyclic) bond motifs is 1. The van der Waals surface area contributed by atoms with Crippen LogP contribution in [0.15, 0.2) is 47.4 Å². The quantitative estimate of drug-likeness (QED) is 0.880. The Morgan fingerprint density at radius 3 is 2.58 bits per heavy atom. The van der Waals surface area contributed by atoms with Crippen LogP contribution >= 0.6 is 0 Å². The second kappa shape index (κ2) is 6.08. The molecule has 6 nitrogen and oxygen atoms in total. The van der Waals surface area contributed by atoms with Gasteiger partial charge in [0, 0.05) is 12.6 Å². The molecule has 0 unspecified atom stereocenters. The van der Waals surface area contributed by atoms with Gasteiger partial charge in [0.15, 0.2) is 11.5 Å². The molecule has 7 heteroatoms. The minimum atomic E-state index is -3.69. The van der Waals surface area contributed by atoms with Crippen molar-refractivity contribution in [3.8, 4) is 11.5 Å². The second-order valence-electron chi connectivity index (χ2n) is 5.74. The lowest BCUT2D eigenvalue weighted by molar-refractivity contribution is 0.0888. The van der Waals surface area contributed by atoms with Gasteiger partial charge in [-0.1, -0.05) is 30.3 Å². The lowest BCUT2D eigenvalue weighted by Gasteiger charge is -2.37. The zero-order chi connectivity index (χ0) is 17.5. The van der Waals surface area contributed by atoms with Crippen LogP contribution in [0.3, 0.4) is 0 Å². The minimum Gasteiger partial charge on any atom is -0.504 e. The third-order valence-corrected chi connectivity index (χ3v) is 6.41. The zero-order valence-corrected chi connectivity index (χ0v) is 14.2. The number of hydrogen-bond acceptors (Lipinski definition) is 5. The van der Waals surface area contributed by atoms with Crippen LogP contribution in [0.1, 0.15) is 17.2 Å². The number of phenolic OH excluding ortho intramolecular Hbond substituents is 1. The molecule has 0 bridgehead atoms. The van der Waals surface area contributed by atoms with E-state index in [1.165, 1.54) is 24.5 Å². The largest absolute Gasteiger partial charge is 0.504 e. The van der Waals surface area contributed by atoms with Crippen LogP contribution in [-0.4, -0.2) is 43.1 Å². The predicted molar refractivity (Wildman–Crippen MR) is 88.5 cm³/mol. The number of rotatable bonds is 3. The van der Waals surface area contributed by atoms with Gasteiger partial charge in [0.2, 0.25) is 10.0 Å². The normalized spacial score (nSPS) is 22.8. The molecule has 2 N–H and O–H groups in total. The van der Waals surface area contributed by atoms with Gasteiger partial charge < -0.3 is 14.9 Å². The number of sulfonamides is 1. The van der Waals surface area contributed by atoms with Crippen molar-refractivity contribution in [1.29, 1.82) is 0 Å². The van der Waals surface area contributed by atoms with Crippen LogP contribution in [-0.2, 0) is 16.4 Å². The van der Waals surface area contributed by atoms with Crippen molar-refractivity contribution in [3.63, 3.8) is 0 Å².